The highest BCUT2D eigenvalue weighted by Gasteiger charge is 2.21. The number of carboxylic acid groups (broad SMARTS) is 1. The van der Waals surface area contributed by atoms with E-state index in [4.69, 9.17) is 14.3 Å². The van der Waals surface area contributed by atoms with Gasteiger partial charge in [-0.1, -0.05) is 0 Å². The average molecular weight is 333 g/mol. The third-order valence-electron chi connectivity index (χ3n) is 3.41. The molecule has 1 aromatic carbocycles. The van der Waals surface area contributed by atoms with Gasteiger partial charge in [0.15, 0.2) is 6.61 Å². The molecule has 0 bridgehead atoms. The smallest absolute Gasteiger partial charge is 0.336 e. The first-order chi connectivity index (χ1) is 11.2. The standard InChI is InChI=1S/C17H19NO6/c1-17(2,8-7-15(20)21)18-14(19)10-23-12-5-3-11-4-6-16(22)24-13(11)9-12/h3-6,9H,7-8,10H2,1-2H3,(H,18,19)(H,20,21). The lowest BCUT2D eigenvalue weighted by molar-refractivity contribution is -0.138. The van der Waals surface area contributed by atoms with Crippen molar-refractivity contribution in [3.63, 3.8) is 0 Å². The summed E-state index contributed by atoms with van der Waals surface area (Å²) in [4.78, 5) is 33.8. The van der Waals surface area contributed by atoms with Crippen LogP contribution in [0, 0.1) is 0 Å². The number of fused-ring (bicyclic) bond motifs is 1. The van der Waals surface area contributed by atoms with Gasteiger partial charge in [-0.05, 0) is 38.5 Å². The number of ether oxygens (including phenoxy) is 1. The first-order valence-corrected chi connectivity index (χ1v) is 7.45. The summed E-state index contributed by atoms with van der Waals surface area (Å²) < 4.78 is 10.4. The van der Waals surface area contributed by atoms with Crippen LogP contribution in [0.2, 0.25) is 0 Å². The number of amides is 1. The Kier molecular flexibility index (Phi) is 5.23. The lowest BCUT2D eigenvalue weighted by Gasteiger charge is -2.25. The van der Waals surface area contributed by atoms with Gasteiger partial charge in [0.2, 0.25) is 0 Å². The molecule has 0 aliphatic carbocycles. The van der Waals surface area contributed by atoms with Crippen LogP contribution in [0.3, 0.4) is 0 Å². The van der Waals surface area contributed by atoms with E-state index in [1.165, 1.54) is 6.07 Å². The molecule has 7 nitrogen and oxygen atoms in total. The topological polar surface area (TPSA) is 106 Å². The highest BCUT2D eigenvalue weighted by atomic mass is 16.5. The number of hydrogen-bond acceptors (Lipinski definition) is 5. The van der Waals surface area contributed by atoms with Gasteiger partial charge in [0.05, 0.1) is 0 Å². The van der Waals surface area contributed by atoms with E-state index in [1.807, 2.05) is 0 Å². The van der Waals surface area contributed by atoms with E-state index in [9.17, 15) is 14.4 Å². The van der Waals surface area contributed by atoms with Gasteiger partial charge in [-0.2, -0.15) is 0 Å². The zero-order chi connectivity index (χ0) is 17.7. The van der Waals surface area contributed by atoms with Crippen molar-refractivity contribution in [2.45, 2.75) is 32.2 Å². The van der Waals surface area contributed by atoms with Crippen molar-refractivity contribution < 1.29 is 23.8 Å². The summed E-state index contributed by atoms with van der Waals surface area (Å²) >= 11 is 0. The molecular formula is C17H19NO6. The van der Waals surface area contributed by atoms with Crippen molar-refractivity contribution >= 4 is 22.8 Å². The molecule has 0 fully saturated rings. The molecule has 0 atom stereocenters. The van der Waals surface area contributed by atoms with Crippen molar-refractivity contribution in [1.29, 1.82) is 0 Å². The molecule has 0 spiro atoms. The molecule has 0 aliphatic rings. The summed E-state index contributed by atoms with van der Waals surface area (Å²) in [5, 5.41) is 12.2. The molecule has 1 heterocycles. The second-order valence-electron chi connectivity index (χ2n) is 6.07. The van der Waals surface area contributed by atoms with Gasteiger partial charge in [-0.15, -0.1) is 0 Å². The Morgan fingerprint density at radius 2 is 1.96 bits per heavy atom. The van der Waals surface area contributed by atoms with Crippen LogP contribution in [0.4, 0.5) is 0 Å². The summed E-state index contributed by atoms with van der Waals surface area (Å²) in [6.45, 7) is 3.27. The highest BCUT2D eigenvalue weighted by molar-refractivity contribution is 5.79. The first-order valence-electron chi connectivity index (χ1n) is 7.45. The summed E-state index contributed by atoms with van der Waals surface area (Å²) in [5.74, 6) is -0.874. The monoisotopic (exact) mass is 333 g/mol. The van der Waals surface area contributed by atoms with Crippen molar-refractivity contribution in [3.05, 3.63) is 40.8 Å². The molecule has 2 rings (SSSR count). The van der Waals surface area contributed by atoms with Gasteiger partial charge in [0, 0.05) is 29.5 Å². The van der Waals surface area contributed by atoms with E-state index in [2.05, 4.69) is 5.32 Å². The van der Waals surface area contributed by atoms with E-state index < -0.39 is 17.1 Å². The number of carbonyl (C=O) groups is 2. The number of hydrogen-bond donors (Lipinski definition) is 2. The molecule has 1 amide bonds. The Hall–Kier alpha value is -2.83. The van der Waals surface area contributed by atoms with Gasteiger partial charge in [0.25, 0.3) is 5.91 Å². The number of aliphatic carboxylic acids is 1. The van der Waals surface area contributed by atoms with Gasteiger partial charge < -0.3 is 19.6 Å². The number of nitrogens with one attached hydrogen (secondary N) is 1. The number of carbonyl (C=O) groups excluding carboxylic acids is 1. The van der Waals surface area contributed by atoms with E-state index in [-0.39, 0.29) is 18.9 Å². The Morgan fingerprint density at radius 3 is 2.67 bits per heavy atom. The molecule has 0 radical (unpaired) electrons. The van der Waals surface area contributed by atoms with E-state index in [0.29, 0.717) is 17.8 Å². The molecule has 2 aromatic rings. The summed E-state index contributed by atoms with van der Waals surface area (Å²) in [5.41, 5.74) is -0.727. The SMILES string of the molecule is CC(C)(CCC(=O)O)NC(=O)COc1ccc2ccc(=O)oc2c1. The second-order valence-corrected chi connectivity index (χ2v) is 6.07. The van der Waals surface area contributed by atoms with Crippen molar-refractivity contribution in [3.8, 4) is 5.75 Å². The van der Waals surface area contributed by atoms with Crippen LogP contribution in [0.5, 0.6) is 5.75 Å². The predicted octanol–water partition coefficient (Wildman–Crippen LogP) is 1.93. The third-order valence-corrected chi connectivity index (χ3v) is 3.41. The maximum Gasteiger partial charge on any atom is 0.336 e. The van der Waals surface area contributed by atoms with Crippen LogP contribution < -0.4 is 15.7 Å². The maximum absolute atomic E-state index is 11.9. The highest BCUT2D eigenvalue weighted by Crippen LogP contribution is 2.19. The molecule has 0 saturated carbocycles. The van der Waals surface area contributed by atoms with Crippen LogP contribution >= 0.6 is 0 Å². The minimum absolute atomic E-state index is 0.0299. The summed E-state index contributed by atoms with van der Waals surface area (Å²) in [6.07, 6.45) is 0.285. The third kappa shape index (κ3) is 5.12. The molecule has 128 valence electrons. The van der Waals surface area contributed by atoms with Crippen LogP contribution in [0.25, 0.3) is 11.0 Å². The number of rotatable bonds is 7. The molecule has 1 aromatic heterocycles. The number of benzene rings is 1. The lowest BCUT2D eigenvalue weighted by atomic mass is 9.98. The first kappa shape index (κ1) is 17.5. The molecule has 7 heteroatoms. The molecule has 0 unspecified atom stereocenters. The van der Waals surface area contributed by atoms with Crippen LogP contribution in [-0.2, 0) is 9.59 Å². The van der Waals surface area contributed by atoms with Crippen LogP contribution in [-0.4, -0.2) is 29.1 Å². The van der Waals surface area contributed by atoms with Crippen molar-refractivity contribution in [1.82, 2.24) is 5.32 Å². The minimum atomic E-state index is -0.911. The maximum atomic E-state index is 11.9. The summed E-state index contributed by atoms with van der Waals surface area (Å²) in [6, 6.07) is 7.91. The molecule has 0 saturated heterocycles. The van der Waals surface area contributed by atoms with Gasteiger partial charge in [-0.3, -0.25) is 9.59 Å². The fourth-order valence-corrected chi connectivity index (χ4v) is 2.18. The molecule has 2 N–H and O–H groups in total. The molecule has 24 heavy (non-hydrogen) atoms. The Bertz CT molecular complexity index is 808. The Labute approximate surface area is 138 Å². The average Bonchev–Trinajstić information content (AvgIpc) is 2.50. The minimum Gasteiger partial charge on any atom is -0.484 e. The van der Waals surface area contributed by atoms with Gasteiger partial charge in [0.1, 0.15) is 11.3 Å². The largest absolute Gasteiger partial charge is 0.484 e. The fourth-order valence-electron chi connectivity index (χ4n) is 2.18. The number of carboxylic acids is 1. The quantitative estimate of drug-likeness (QED) is 0.750. The van der Waals surface area contributed by atoms with Crippen LogP contribution in [0.1, 0.15) is 26.7 Å². The normalized spacial score (nSPS) is 11.2. The molecular weight excluding hydrogens is 314 g/mol. The Morgan fingerprint density at radius 1 is 1.25 bits per heavy atom. The van der Waals surface area contributed by atoms with Crippen molar-refractivity contribution in [2.75, 3.05) is 6.61 Å². The van der Waals surface area contributed by atoms with Crippen molar-refractivity contribution in [2.24, 2.45) is 0 Å². The van der Waals surface area contributed by atoms with Gasteiger partial charge >= 0.3 is 11.6 Å². The fraction of sp³-hybridized carbons (Fsp3) is 0.353. The summed E-state index contributed by atoms with van der Waals surface area (Å²) in [7, 11) is 0. The van der Waals surface area contributed by atoms with E-state index in [1.54, 1.807) is 38.1 Å². The van der Waals surface area contributed by atoms with E-state index >= 15 is 0 Å². The predicted molar refractivity (Wildman–Crippen MR) is 87.1 cm³/mol. The van der Waals surface area contributed by atoms with Crippen LogP contribution in [0.15, 0.2) is 39.5 Å². The zero-order valence-corrected chi connectivity index (χ0v) is 13.5. The van der Waals surface area contributed by atoms with Gasteiger partial charge in [-0.25, -0.2) is 4.79 Å². The molecule has 0 aliphatic heterocycles. The zero-order valence-electron chi connectivity index (χ0n) is 13.5. The second kappa shape index (κ2) is 7.16. The van der Waals surface area contributed by atoms with E-state index in [0.717, 1.165) is 5.39 Å². The Balaban J connectivity index is 1.94. The lowest BCUT2D eigenvalue weighted by Crippen LogP contribution is -2.45.